The molecule has 1 spiro atoms. The number of allylic oxidation sites excluding steroid dienone is 1. The van der Waals surface area contributed by atoms with E-state index in [-0.39, 0.29) is 17.4 Å². The first-order valence-corrected chi connectivity index (χ1v) is 10.8. The lowest BCUT2D eigenvalue weighted by Crippen LogP contribution is -2.60. The predicted octanol–water partition coefficient (Wildman–Crippen LogP) is 1.22. The minimum absolute atomic E-state index is 0.0238. The van der Waals surface area contributed by atoms with Gasteiger partial charge in [-0.2, -0.15) is 0 Å². The van der Waals surface area contributed by atoms with E-state index in [1.807, 2.05) is 28.9 Å². The second-order valence-electron chi connectivity index (χ2n) is 8.38. The van der Waals surface area contributed by atoms with E-state index in [9.17, 15) is 9.59 Å². The molecule has 0 aromatic carbocycles. The Bertz CT molecular complexity index is 971. The molecule has 4 aliphatic rings. The van der Waals surface area contributed by atoms with Gasteiger partial charge in [-0.05, 0) is 31.1 Å². The standard InChI is InChI=1S/C22H27N5O4/c1-2-19(28)26-7-4-16(11-18(26)23)25-8-9-31-17-10-15(12-24-20(17)25)21(29)27-6-3-5-22(27)13-30-14-22/h4,7,10-12,18H,2-3,5-6,8-9,13-14,23H2,1H3. The molecule has 1 unspecified atom stereocenters. The Kier molecular flexibility index (Phi) is 4.94. The monoisotopic (exact) mass is 425 g/mol. The van der Waals surface area contributed by atoms with E-state index in [2.05, 4.69) is 4.98 Å². The van der Waals surface area contributed by atoms with Crippen LogP contribution in [0.5, 0.6) is 5.75 Å². The molecule has 164 valence electrons. The van der Waals surface area contributed by atoms with Gasteiger partial charge < -0.3 is 25.0 Å². The molecule has 31 heavy (non-hydrogen) atoms. The maximum Gasteiger partial charge on any atom is 0.256 e. The topological polar surface area (TPSA) is 101 Å². The van der Waals surface area contributed by atoms with Crippen LogP contribution in [0, 0.1) is 0 Å². The third-order valence-corrected chi connectivity index (χ3v) is 6.46. The lowest BCUT2D eigenvalue weighted by molar-refractivity contribution is -0.129. The molecule has 2 amide bonds. The number of anilines is 1. The van der Waals surface area contributed by atoms with Crippen LogP contribution in [0.15, 0.2) is 36.3 Å². The van der Waals surface area contributed by atoms with Gasteiger partial charge in [0.25, 0.3) is 5.91 Å². The summed E-state index contributed by atoms with van der Waals surface area (Å²) in [6.07, 6.45) is 8.88. The van der Waals surface area contributed by atoms with Crippen molar-refractivity contribution in [3.05, 3.63) is 41.9 Å². The number of rotatable bonds is 3. The first-order chi connectivity index (χ1) is 15.0. The molecule has 5 rings (SSSR count). The fraction of sp³-hybridized carbons (Fsp3) is 0.500. The minimum Gasteiger partial charge on any atom is -0.488 e. The van der Waals surface area contributed by atoms with Crippen molar-refractivity contribution in [3.8, 4) is 5.75 Å². The molecule has 1 atom stereocenters. The van der Waals surface area contributed by atoms with Crippen LogP contribution in [0.4, 0.5) is 5.82 Å². The number of amides is 2. The van der Waals surface area contributed by atoms with E-state index in [4.69, 9.17) is 15.2 Å². The molecular weight excluding hydrogens is 398 g/mol. The Morgan fingerprint density at radius 1 is 1.32 bits per heavy atom. The highest BCUT2D eigenvalue weighted by Crippen LogP contribution is 2.38. The van der Waals surface area contributed by atoms with Gasteiger partial charge in [0.15, 0.2) is 11.6 Å². The van der Waals surface area contributed by atoms with Crippen molar-refractivity contribution in [2.24, 2.45) is 5.73 Å². The van der Waals surface area contributed by atoms with Gasteiger partial charge in [0.2, 0.25) is 5.91 Å². The summed E-state index contributed by atoms with van der Waals surface area (Å²) < 4.78 is 11.2. The van der Waals surface area contributed by atoms with Crippen LogP contribution in [-0.4, -0.2) is 71.2 Å². The average molecular weight is 425 g/mol. The smallest absolute Gasteiger partial charge is 0.256 e. The molecule has 9 heteroatoms. The van der Waals surface area contributed by atoms with Crippen LogP contribution in [-0.2, 0) is 9.53 Å². The quantitative estimate of drug-likeness (QED) is 0.777. The van der Waals surface area contributed by atoms with Crippen LogP contribution in [0.2, 0.25) is 0 Å². The first-order valence-electron chi connectivity index (χ1n) is 10.8. The first kappa shape index (κ1) is 20.0. The second-order valence-corrected chi connectivity index (χ2v) is 8.38. The van der Waals surface area contributed by atoms with E-state index < -0.39 is 6.17 Å². The zero-order valence-corrected chi connectivity index (χ0v) is 17.6. The molecule has 4 aliphatic heterocycles. The van der Waals surface area contributed by atoms with Crippen molar-refractivity contribution >= 4 is 17.6 Å². The molecule has 2 fully saturated rings. The number of nitrogens with zero attached hydrogens (tertiary/aromatic N) is 4. The number of carbonyl (C=O) groups is 2. The summed E-state index contributed by atoms with van der Waals surface area (Å²) in [5, 5.41) is 0. The lowest BCUT2D eigenvalue weighted by atomic mass is 9.93. The van der Waals surface area contributed by atoms with Crippen LogP contribution in [0.3, 0.4) is 0 Å². The third kappa shape index (κ3) is 3.28. The predicted molar refractivity (Wildman–Crippen MR) is 113 cm³/mol. The molecule has 5 heterocycles. The van der Waals surface area contributed by atoms with E-state index in [1.54, 1.807) is 18.5 Å². The van der Waals surface area contributed by atoms with Crippen molar-refractivity contribution in [1.82, 2.24) is 14.8 Å². The molecule has 0 radical (unpaired) electrons. The van der Waals surface area contributed by atoms with Gasteiger partial charge in [0.1, 0.15) is 12.8 Å². The van der Waals surface area contributed by atoms with Gasteiger partial charge >= 0.3 is 0 Å². The van der Waals surface area contributed by atoms with Gasteiger partial charge in [-0.25, -0.2) is 4.98 Å². The normalized spacial score (nSPS) is 23.9. The number of carbonyl (C=O) groups excluding carboxylic acids is 2. The van der Waals surface area contributed by atoms with Gasteiger partial charge in [-0.1, -0.05) is 6.92 Å². The molecule has 2 N–H and O–H groups in total. The van der Waals surface area contributed by atoms with Gasteiger partial charge in [-0.15, -0.1) is 0 Å². The van der Waals surface area contributed by atoms with Crippen molar-refractivity contribution in [1.29, 1.82) is 0 Å². The number of likely N-dealkylation sites (tertiary alicyclic amines) is 1. The average Bonchev–Trinajstić information content (AvgIpc) is 3.23. The Morgan fingerprint density at radius 2 is 2.16 bits per heavy atom. The fourth-order valence-electron chi connectivity index (χ4n) is 4.70. The van der Waals surface area contributed by atoms with Crippen LogP contribution >= 0.6 is 0 Å². The Morgan fingerprint density at radius 3 is 2.87 bits per heavy atom. The second kappa shape index (κ2) is 7.65. The largest absolute Gasteiger partial charge is 0.488 e. The highest BCUT2D eigenvalue weighted by Gasteiger charge is 2.49. The number of ether oxygens (including phenoxy) is 2. The summed E-state index contributed by atoms with van der Waals surface area (Å²) in [5.74, 6) is 1.16. The SMILES string of the molecule is CCC(=O)N1C=CC(N2CCOc3cc(C(=O)N4CCCC45COC5)cnc32)=CC1N. The molecular formula is C22H27N5O4. The summed E-state index contributed by atoms with van der Waals surface area (Å²) in [6.45, 7) is 4.84. The number of hydrogen-bond donors (Lipinski definition) is 1. The van der Waals surface area contributed by atoms with E-state index in [0.29, 0.717) is 49.9 Å². The van der Waals surface area contributed by atoms with E-state index in [0.717, 1.165) is 25.1 Å². The maximum atomic E-state index is 13.2. The zero-order chi connectivity index (χ0) is 21.6. The Hall–Kier alpha value is -2.91. The van der Waals surface area contributed by atoms with Gasteiger partial charge in [-0.3, -0.25) is 14.5 Å². The Balaban J connectivity index is 1.38. The number of hydrogen-bond acceptors (Lipinski definition) is 7. The molecule has 1 aromatic heterocycles. The van der Waals surface area contributed by atoms with Gasteiger partial charge in [0, 0.05) is 31.1 Å². The van der Waals surface area contributed by atoms with E-state index in [1.165, 1.54) is 4.90 Å². The summed E-state index contributed by atoms with van der Waals surface area (Å²) in [7, 11) is 0. The lowest BCUT2D eigenvalue weighted by Gasteiger charge is -2.45. The third-order valence-electron chi connectivity index (χ3n) is 6.46. The van der Waals surface area contributed by atoms with Crippen LogP contribution < -0.4 is 15.4 Å². The Labute approximate surface area is 181 Å². The van der Waals surface area contributed by atoms with Crippen molar-refractivity contribution in [3.63, 3.8) is 0 Å². The summed E-state index contributed by atoms with van der Waals surface area (Å²) in [5.41, 5.74) is 7.43. The van der Waals surface area contributed by atoms with Crippen molar-refractivity contribution < 1.29 is 19.1 Å². The van der Waals surface area contributed by atoms with Crippen molar-refractivity contribution in [2.45, 2.75) is 37.9 Å². The minimum atomic E-state index is -0.532. The highest BCUT2D eigenvalue weighted by molar-refractivity contribution is 5.95. The fourth-order valence-corrected chi connectivity index (χ4v) is 4.70. The van der Waals surface area contributed by atoms with Crippen LogP contribution in [0.25, 0.3) is 0 Å². The zero-order valence-electron chi connectivity index (χ0n) is 17.6. The number of fused-ring (bicyclic) bond motifs is 1. The number of nitrogens with two attached hydrogens (primary N) is 1. The van der Waals surface area contributed by atoms with Crippen molar-refractivity contribution in [2.75, 3.05) is 37.8 Å². The molecule has 0 saturated carbocycles. The molecule has 1 aromatic rings. The highest BCUT2D eigenvalue weighted by atomic mass is 16.5. The van der Waals surface area contributed by atoms with Crippen LogP contribution in [0.1, 0.15) is 36.5 Å². The maximum absolute atomic E-state index is 13.2. The summed E-state index contributed by atoms with van der Waals surface area (Å²) >= 11 is 0. The van der Waals surface area contributed by atoms with Gasteiger partial charge in [0.05, 0.1) is 30.9 Å². The number of pyridine rings is 1. The molecule has 2 saturated heterocycles. The molecule has 9 nitrogen and oxygen atoms in total. The van der Waals surface area contributed by atoms with E-state index >= 15 is 0 Å². The summed E-state index contributed by atoms with van der Waals surface area (Å²) in [4.78, 5) is 35.2. The molecule has 0 aliphatic carbocycles. The number of aromatic nitrogens is 1. The molecule has 0 bridgehead atoms. The summed E-state index contributed by atoms with van der Waals surface area (Å²) in [6, 6.07) is 1.78.